The Balaban J connectivity index is 2.96. The van der Waals surface area contributed by atoms with Crippen molar-refractivity contribution in [2.45, 2.75) is 13.5 Å². The van der Waals surface area contributed by atoms with Crippen molar-refractivity contribution in [3.05, 3.63) is 33.8 Å². The fourth-order valence-corrected chi connectivity index (χ4v) is 1.56. The molecule has 0 aliphatic rings. The highest BCUT2D eigenvalue weighted by molar-refractivity contribution is 5.77. The van der Waals surface area contributed by atoms with Crippen LogP contribution in [0.15, 0.2) is 21.3 Å². The van der Waals surface area contributed by atoms with Crippen LogP contribution >= 0.6 is 0 Å². The molecule has 14 heavy (non-hydrogen) atoms. The van der Waals surface area contributed by atoms with Gasteiger partial charge >= 0.3 is 0 Å². The molecule has 0 aromatic carbocycles. The fraction of sp³-hybridized carbons (Fsp3) is 0.300. The van der Waals surface area contributed by atoms with Crippen molar-refractivity contribution >= 4 is 11.1 Å². The Morgan fingerprint density at radius 3 is 2.86 bits per heavy atom. The van der Waals surface area contributed by atoms with E-state index in [9.17, 15) is 4.79 Å². The zero-order valence-corrected chi connectivity index (χ0v) is 8.20. The monoisotopic (exact) mass is 192 g/mol. The summed E-state index contributed by atoms with van der Waals surface area (Å²) in [7, 11) is 1.72. The average Bonchev–Trinajstić information content (AvgIpc) is 2.54. The topological polar surface area (TPSA) is 61.2 Å². The summed E-state index contributed by atoms with van der Waals surface area (Å²) in [4.78, 5) is 11.5. The first-order chi connectivity index (χ1) is 6.63. The standard InChI is InChI=1S/C10H12N2O2/c1-6-3-8-10(14-6)7(5-11)4-9(13)12(8)2/h3-4H,5,11H2,1-2H3. The van der Waals surface area contributed by atoms with Crippen molar-refractivity contribution in [3.63, 3.8) is 0 Å². The van der Waals surface area contributed by atoms with E-state index in [-0.39, 0.29) is 5.56 Å². The van der Waals surface area contributed by atoms with Crippen LogP contribution in [0.25, 0.3) is 11.1 Å². The van der Waals surface area contributed by atoms with E-state index >= 15 is 0 Å². The van der Waals surface area contributed by atoms with Gasteiger partial charge in [0.25, 0.3) is 5.56 Å². The van der Waals surface area contributed by atoms with Crippen LogP contribution in [-0.2, 0) is 13.6 Å². The first kappa shape index (κ1) is 9.02. The highest BCUT2D eigenvalue weighted by Gasteiger charge is 2.09. The molecule has 0 aliphatic heterocycles. The van der Waals surface area contributed by atoms with E-state index in [4.69, 9.17) is 10.2 Å². The average molecular weight is 192 g/mol. The maximum absolute atomic E-state index is 11.5. The fourth-order valence-electron chi connectivity index (χ4n) is 1.56. The molecule has 2 aromatic rings. The molecule has 0 atom stereocenters. The zero-order valence-electron chi connectivity index (χ0n) is 8.20. The van der Waals surface area contributed by atoms with Gasteiger partial charge in [0.05, 0.1) is 5.52 Å². The molecule has 0 fully saturated rings. The summed E-state index contributed by atoms with van der Waals surface area (Å²) in [6, 6.07) is 3.36. The van der Waals surface area contributed by atoms with Crippen LogP contribution < -0.4 is 11.3 Å². The number of nitrogens with zero attached hydrogens (tertiary/aromatic N) is 1. The van der Waals surface area contributed by atoms with Gasteiger partial charge in [-0.2, -0.15) is 0 Å². The molecule has 4 heteroatoms. The normalized spacial score (nSPS) is 11.1. The van der Waals surface area contributed by atoms with Gasteiger partial charge in [0.2, 0.25) is 0 Å². The van der Waals surface area contributed by atoms with Gasteiger partial charge in [0, 0.05) is 31.3 Å². The van der Waals surface area contributed by atoms with Gasteiger partial charge in [-0.25, -0.2) is 0 Å². The number of rotatable bonds is 1. The summed E-state index contributed by atoms with van der Waals surface area (Å²) in [5, 5.41) is 0. The van der Waals surface area contributed by atoms with Crippen molar-refractivity contribution < 1.29 is 4.42 Å². The first-order valence-corrected chi connectivity index (χ1v) is 4.42. The molecule has 2 aromatic heterocycles. The van der Waals surface area contributed by atoms with Crippen LogP contribution in [0.3, 0.4) is 0 Å². The number of fused-ring (bicyclic) bond motifs is 1. The molecule has 0 unspecified atom stereocenters. The Hall–Kier alpha value is -1.55. The molecule has 74 valence electrons. The van der Waals surface area contributed by atoms with E-state index in [1.807, 2.05) is 13.0 Å². The Morgan fingerprint density at radius 1 is 1.50 bits per heavy atom. The second-order valence-corrected chi connectivity index (χ2v) is 3.34. The Labute approximate surface area is 80.9 Å². The van der Waals surface area contributed by atoms with Crippen LogP contribution in [0.2, 0.25) is 0 Å². The molecule has 2 N–H and O–H groups in total. The summed E-state index contributed by atoms with van der Waals surface area (Å²) < 4.78 is 7.05. The number of aromatic nitrogens is 1. The summed E-state index contributed by atoms with van der Waals surface area (Å²) in [6.07, 6.45) is 0. The Bertz CT molecular complexity index is 537. The molecule has 0 radical (unpaired) electrons. The van der Waals surface area contributed by atoms with Gasteiger partial charge in [-0.1, -0.05) is 0 Å². The number of nitrogens with two attached hydrogens (primary N) is 1. The van der Waals surface area contributed by atoms with Crippen LogP contribution in [0.1, 0.15) is 11.3 Å². The SMILES string of the molecule is Cc1cc2c(o1)c(CN)cc(=O)n2C. The Kier molecular flexibility index (Phi) is 1.93. The smallest absolute Gasteiger partial charge is 0.251 e. The Morgan fingerprint density at radius 2 is 2.21 bits per heavy atom. The van der Waals surface area contributed by atoms with E-state index in [1.165, 1.54) is 6.07 Å². The van der Waals surface area contributed by atoms with Gasteiger partial charge < -0.3 is 14.7 Å². The maximum Gasteiger partial charge on any atom is 0.251 e. The molecule has 4 nitrogen and oxygen atoms in total. The molecule has 0 saturated heterocycles. The predicted molar refractivity (Wildman–Crippen MR) is 54.1 cm³/mol. The molecule has 0 amide bonds. The minimum absolute atomic E-state index is 0.0567. The lowest BCUT2D eigenvalue weighted by Crippen LogP contribution is -2.17. The van der Waals surface area contributed by atoms with E-state index in [0.717, 1.165) is 16.8 Å². The van der Waals surface area contributed by atoms with E-state index in [1.54, 1.807) is 11.6 Å². The van der Waals surface area contributed by atoms with Crippen molar-refractivity contribution in [2.24, 2.45) is 12.8 Å². The second kappa shape index (κ2) is 2.99. The van der Waals surface area contributed by atoms with E-state index in [0.29, 0.717) is 12.1 Å². The quantitative estimate of drug-likeness (QED) is 0.730. The third-order valence-corrected chi connectivity index (χ3v) is 2.34. The number of hydrogen-bond acceptors (Lipinski definition) is 3. The van der Waals surface area contributed by atoms with E-state index in [2.05, 4.69) is 0 Å². The molecular formula is C10H12N2O2. The number of furan rings is 1. The molecule has 2 rings (SSSR count). The zero-order chi connectivity index (χ0) is 10.3. The first-order valence-electron chi connectivity index (χ1n) is 4.42. The summed E-state index contributed by atoms with van der Waals surface area (Å²) >= 11 is 0. The third-order valence-electron chi connectivity index (χ3n) is 2.34. The largest absolute Gasteiger partial charge is 0.459 e. The summed E-state index contributed by atoms with van der Waals surface area (Å²) in [6.45, 7) is 2.17. The number of pyridine rings is 1. The van der Waals surface area contributed by atoms with Crippen molar-refractivity contribution in [2.75, 3.05) is 0 Å². The molecule has 0 bridgehead atoms. The van der Waals surface area contributed by atoms with Crippen LogP contribution in [0, 0.1) is 6.92 Å². The van der Waals surface area contributed by atoms with Crippen LogP contribution in [-0.4, -0.2) is 4.57 Å². The molecular weight excluding hydrogens is 180 g/mol. The number of hydrogen-bond donors (Lipinski definition) is 1. The number of aryl methyl sites for hydroxylation is 2. The van der Waals surface area contributed by atoms with Gasteiger partial charge in [-0.15, -0.1) is 0 Å². The van der Waals surface area contributed by atoms with Crippen LogP contribution in [0.5, 0.6) is 0 Å². The van der Waals surface area contributed by atoms with Crippen molar-refractivity contribution in [1.82, 2.24) is 4.57 Å². The summed E-state index contributed by atoms with van der Waals surface area (Å²) in [5.74, 6) is 0.788. The third kappa shape index (κ3) is 1.15. The minimum Gasteiger partial charge on any atom is -0.459 e. The van der Waals surface area contributed by atoms with Gasteiger partial charge in [-0.05, 0) is 6.92 Å². The maximum atomic E-state index is 11.5. The van der Waals surface area contributed by atoms with Crippen molar-refractivity contribution in [1.29, 1.82) is 0 Å². The van der Waals surface area contributed by atoms with Crippen molar-refractivity contribution in [3.8, 4) is 0 Å². The minimum atomic E-state index is -0.0567. The van der Waals surface area contributed by atoms with Gasteiger partial charge in [0.15, 0.2) is 5.58 Å². The second-order valence-electron chi connectivity index (χ2n) is 3.34. The molecule has 0 saturated carbocycles. The lowest BCUT2D eigenvalue weighted by molar-refractivity contribution is 0.573. The van der Waals surface area contributed by atoms with Crippen LogP contribution in [0.4, 0.5) is 0 Å². The lowest BCUT2D eigenvalue weighted by atomic mass is 10.2. The lowest BCUT2D eigenvalue weighted by Gasteiger charge is -2.01. The highest BCUT2D eigenvalue weighted by Crippen LogP contribution is 2.20. The molecule has 0 spiro atoms. The molecule has 2 heterocycles. The van der Waals surface area contributed by atoms with Gasteiger partial charge in [0.1, 0.15) is 5.76 Å². The predicted octanol–water partition coefficient (Wildman–Crippen LogP) is 0.899. The highest BCUT2D eigenvalue weighted by atomic mass is 16.3. The van der Waals surface area contributed by atoms with Gasteiger partial charge in [-0.3, -0.25) is 4.79 Å². The summed E-state index contributed by atoms with van der Waals surface area (Å²) in [5.41, 5.74) is 7.76. The molecule has 0 aliphatic carbocycles. The van der Waals surface area contributed by atoms with E-state index < -0.39 is 0 Å².